The van der Waals surface area contributed by atoms with E-state index >= 15 is 0 Å². The fraction of sp³-hybridized carbons (Fsp3) is 0.238. The Balaban J connectivity index is 1.80. The van der Waals surface area contributed by atoms with Gasteiger partial charge in [-0.1, -0.05) is 43.2 Å². The van der Waals surface area contributed by atoms with Gasteiger partial charge in [-0.15, -0.1) is 6.42 Å². The zero-order valence-corrected chi connectivity index (χ0v) is 15.9. The average Bonchev–Trinajstić information content (AvgIpc) is 2.97. The predicted molar refractivity (Wildman–Crippen MR) is 105 cm³/mol. The molecule has 6 heteroatoms. The minimum Gasteiger partial charge on any atom is -0.484 e. The molecule has 2 aromatic carbocycles. The molecule has 0 saturated carbocycles. The summed E-state index contributed by atoms with van der Waals surface area (Å²) in [5.41, 5.74) is 1.95. The molecular formula is C21H19FN2O2S. The first kappa shape index (κ1) is 18.9. The summed E-state index contributed by atoms with van der Waals surface area (Å²) in [4.78, 5) is 16.8. The second-order valence-electron chi connectivity index (χ2n) is 6.30. The molecule has 138 valence electrons. The lowest BCUT2D eigenvalue weighted by molar-refractivity contribution is -0.120. The average molecular weight is 382 g/mol. The Kier molecular flexibility index (Phi) is 5.72. The molecule has 1 amide bonds. The number of amides is 1. The van der Waals surface area contributed by atoms with Gasteiger partial charge in [0.25, 0.3) is 5.91 Å². The molecule has 3 aromatic rings. The Labute approximate surface area is 160 Å². The number of carbonyl (C=O) groups excluding carboxylic acids is 1. The summed E-state index contributed by atoms with van der Waals surface area (Å²) < 4.78 is 21.4. The van der Waals surface area contributed by atoms with Crippen molar-refractivity contribution in [3.63, 3.8) is 0 Å². The molecule has 3 rings (SSSR count). The number of halogens is 1. The number of rotatable bonds is 5. The van der Waals surface area contributed by atoms with Crippen LogP contribution in [-0.2, 0) is 11.3 Å². The first-order chi connectivity index (χ1) is 13.0. The Morgan fingerprint density at radius 2 is 2.04 bits per heavy atom. The molecule has 0 aliphatic rings. The third kappa shape index (κ3) is 4.44. The maximum absolute atomic E-state index is 13.5. The first-order valence-corrected chi connectivity index (χ1v) is 9.32. The highest BCUT2D eigenvalue weighted by Gasteiger charge is 2.09. The van der Waals surface area contributed by atoms with Crippen molar-refractivity contribution in [3.05, 3.63) is 58.6 Å². The van der Waals surface area contributed by atoms with Crippen molar-refractivity contribution in [2.24, 2.45) is 4.99 Å². The van der Waals surface area contributed by atoms with E-state index in [4.69, 9.17) is 11.2 Å². The smallest absolute Gasteiger partial charge is 0.286 e. The van der Waals surface area contributed by atoms with Gasteiger partial charge >= 0.3 is 0 Å². The number of ether oxygens (including phenoxy) is 1. The molecule has 4 nitrogen and oxygen atoms in total. The van der Waals surface area contributed by atoms with Crippen molar-refractivity contribution in [1.82, 2.24) is 4.57 Å². The van der Waals surface area contributed by atoms with Crippen LogP contribution in [-0.4, -0.2) is 17.1 Å². The number of carbonyl (C=O) groups is 1. The predicted octanol–water partition coefficient (Wildman–Crippen LogP) is 4.10. The molecule has 0 bridgehead atoms. The van der Waals surface area contributed by atoms with Gasteiger partial charge in [0.05, 0.1) is 16.8 Å². The maximum Gasteiger partial charge on any atom is 0.286 e. The van der Waals surface area contributed by atoms with E-state index < -0.39 is 5.91 Å². The third-order valence-electron chi connectivity index (χ3n) is 4.02. The second-order valence-corrected chi connectivity index (χ2v) is 7.31. The third-order valence-corrected chi connectivity index (χ3v) is 5.06. The van der Waals surface area contributed by atoms with Crippen LogP contribution in [0.3, 0.4) is 0 Å². The molecule has 1 aromatic heterocycles. The van der Waals surface area contributed by atoms with Crippen molar-refractivity contribution >= 4 is 27.5 Å². The lowest BCUT2D eigenvalue weighted by Gasteiger charge is -2.07. The number of fused-ring (bicyclic) bond motifs is 1. The summed E-state index contributed by atoms with van der Waals surface area (Å²) in [5, 5.41) is 0. The van der Waals surface area contributed by atoms with E-state index in [2.05, 4.69) is 24.8 Å². The molecule has 0 aliphatic heterocycles. The quantitative estimate of drug-likeness (QED) is 0.624. The van der Waals surface area contributed by atoms with Crippen LogP contribution < -0.4 is 9.54 Å². The van der Waals surface area contributed by atoms with Crippen LogP contribution in [0, 0.1) is 18.2 Å². The number of hydrogen-bond acceptors (Lipinski definition) is 3. The summed E-state index contributed by atoms with van der Waals surface area (Å²) in [7, 11) is 0. The highest BCUT2D eigenvalue weighted by Crippen LogP contribution is 2.19. The van der Waals surface area contributed by atoms with E-state index in [-0.39, 0.29) is 19.0 Å². The summed E-state index contributed by atoms with van der Waals surface area (Å²) in [5.74, 6) is 2.80. The lowest BCUT2D eigenvalue weighted by atomic mass is 10.0. The Morgan fingerprint density at radius 3 is 2.70 bits per heavy atom. The molecule has 0 N–H and O–H groups in total. The SMILES string of the molecule is C#CCn1c(=NC(=O)COc2ccc(C(C)C)cc2)sc2cc(F)ccc21. The molecular weight excluding hydrogens is 363 g/mol. The van der Waals surface area contributed by atoms with Crippen molar-refractivity contribution < 1.29 is 13.9 Å². The van der Waals surface area contributed by atoms with Crippen LogP contribution in [0.25, 0.3) is 10.2 Å². The molecule has 0 aliphatic carbocycles. The van der Waals surface area contributed by atoms with Gasteiger partial charge < -0.3 is 9.30 Å². The Morgan fingerprint density at radius 1 is 1.30 bits per heavy atom. The van der Waals surface area contributed by atoms with E-state index in [0.717, 1.165) is 5.52 Å². The number of aromatic nitrogens is 1. The largest absolute Gasteiger partial charge is 0.484 e. The molecule has 0 radical (unpaired) electrons. The van der Waals surface area contributed by atoms with Gasteiger partial charge in [0.15, 0.2) is 11.4 Å². The minimum atomic E-state index is -0.430. The van der Waals surface area contributed by atoms with Crippen molar-refractivity contribution in [3.8, 4) is 18.1 Å². The minimum absolute atomic E-state index is 0.181. The highest BCUT2D eigenvalue weighted by atomic mass is 32.1. The van der Waals surface area contributed by atoms with Crippen LogP contribution in [0.15, 0.2) is 47.5 Å². The normalized spacial score (nSPS) is 11.7. The molecule has 0 saturated heterocycles. The number of terminal acetylenes is 1. The Hall–Kier alpha value is -2.91. The van der Waals surface area contributed by atoms with Crippen LogP contribution in [0.5, 0.6) is 5.75 Å². The van der Waals surface area contributed by atoms with Crippen molar-refractivity contribution in [1.29, 1.82) is 0 Å². The summed E-state index contributed by atoms with van der Waals surface area (Å²) in [6.45, 7) is 4.29. The van der Waals surface area contributed by atoms with Gasteiger partial charge in [-0.25, -0.2) is 4.39 Å². The van der Waals surface area contributed by atoms with E-state index in [1.165, 1.54) is 29.0 Å². The molecule has 0 fully saturated rings. The van der Waals surface area contributed by atoms with Gasteiger partial charge in [0, 0.05) is 0 Å². The van der Waals surface area contributed by atoms with Gasteiger partial charge in [-0.3, -0.25) is 4.79 Å². The number of thiazole rings is 1. The second kappa shape index (κ2) is 8.19. The summed E-state index contributed by atoms with van der Waals surface area (Å²) in [6.07, 6.45) is 5.42. The van der Waals surface area contributed by atoms with Crippen LogP contribution in [0.1, 0.15) is 25.3 Å². The van der Waals surface area contributed by atoms with E-state index in [0.29, 0.717) is 21.2 Å². The number of benzene rings is 2. The van der Waals surface area contributed by atoms with E-state index in [1.54, 1.807) is 10.6 Å². The highest BCUT2D eigenvalue weighted by molar-refractivity contribution is 7.16. The zero-order chi connectivity index (χ0) is 19.4. The standard InChI is InChI=1S/C21H19FN2O2S/c1-4-11-24-18-10-7-16(22)12-19(18)27-21(24)23-20(25)13-26-17-8-5-15(6-9-17)14(2)3/h1,5-10,12,14H,11,13H2,2-3H3. The summed E-state index contributed by atoms with van der Waals surface area (Å²) in [6, 6.07) is 12.0. The number of nitrogens with zero attached hydrogens (tertiary/aromatic N) is 2. The monoisotopic (exact) mass is 382 g/mol. The lowest BCUT2D eigenvalue weighted by Crippen LogP contribution is -2.19. The van der Waals surface area contributed by atoms with Crippen molar-refractivity contribution in [2.45, 2.75) is 26.3 Å². The molecule has 1 heterocycles. The molecule has 0 atom stereocenters. The fourth-order valence-corrected chi connectivity index (χ4v) is 3.68. The first-order valence-electron chi connectivity index (χ1n) is 8.50. The Bertz CT molecular complexity index is 1070. The summed E-state index contributed by atoms with van der Waals surface area (Å²) >= 11 is 1.22. The number of hydrogen-bond donors (Lipinski definition) is 0. The van der Waals surface area contributed by atoms with Gasteiger partial charge in [-0.2, -0.15) is 4.99 Å². The molecule has 27 heavy (non-hydrogen) atoms. The van der Waals surface area contributed by atoms with Crippen LogP contribution >= 0.6 is 11.3 Å². The fourth-order valence-electron chi connectivity index (χ4n) is 2.61. The van der Waals surface area contributed by atoms with Gasteiger partial charge in [0.1, 0.15) is 11.6 Å². The van der Waals surface area contributed by atoms with Gasteiger partial charge in [-0.05, 0) is 41.8 Å². The van der Waals surface area contributed by atoms with Gasteiger partial charge in [0.2, 0.25) is 0 Å². The van der Waals surface area contributed by atoms with Crippen molar-refractivity contribution in [2.75, 3.05) is 6.61 Å². The zero-order valence-electron chi connectivity index (χ0n) is 15.1. The van der Waals surface area contributed by atoms with E-state index in [9.17, 15) is 9.18 Å². The topological polar surface area (TPSA) is 43.6 Å². The maximum atomic E-state index is 13.5. The molecule has 0 unspecified atom stereocenters. The van der Waals surface area contributed by atoms with Crippen LogP contribution in [0.4, 0.5) is 4.39 Å². The molecule has 0 spiro atoms. The van der Waals surface area contributed by atoms with Crippen LogP contribution in [0.2, 0.25) is 0 Å². The van der Waals surface area contributed by atoms with E-state index in [1.807, 2.05) is 24.3 Å².